The van der Waals surface area contributed by atoms with Gasteiger partial charge in [0.1, 0.15) is 0 Å². The molecule has 1 heterocycles. The van der Waals surface area contributed by atoms with Crippen LogP contribution in [-0.4, -0.2) is 71.3 Å². The van der Waals surface area contributed by atoms with Gasteiger partial charge >= 0.3 is 5.97 Å². The van der Waals surface area contributed by atoms with Crippen LogP contribution in [0.2, 0.25) is 0 Å². The van der Waals surface area contributed by atoms with E-state index >= 15 is 0 Å². The highest BCUT2D eigenvalue weighted by Gasteiger charge is 2.91. The second kappa shape index (κ2) is 6.56. The van der Waals surface area contributed by atoms with Crippen molar-refractivity contribution in [2.75, 3.05) is 27.4 Å². The Labute approximate surface area is 173 Å². The molecule has 10 heteroatoms. The van der Waals surface area contributed by atoms with Crippen molar-refractivity contribution in [3.05, 3.63) is 0 Å². The summed E-state index contributed by atoms with van der Waals surface area (Å²) in [6.07, 6.45) is -0.671. The predicted octanol–water partition coefficient (Wildman–Crippen LogP) is 1.36. The van der Waals surface area contributed by atoms with E-state index in [1.165, 1.54) is 14.2 Å². The monoisotopic (exact) mass is 512 g/mol. The lowest BCUT2D eigenvalue weighted by molar-refractivity contribution is -0.219. The first-order chi connectivity index (χ1) is 12.5. The van der Waals surface area contributed by atoms with Crippen molar-refractivity contribution in [1.29, 1.82) is 0 Å². The minimum absolute atomic E-state index is 0.114. The maximum absolute atomic E-state index is 13.0. The number of alkyl halides is 2. The van der Waals surface area contributed by atoms with Crippen molar-refractivity contribution < 1.29 is 38.1 Å². The molecule has 1 aliphatic heterocycles. The van der Waals surface area contributed by atoms with E-state index < -0.39 is 55.7 Å². The summed E-state index contributed by atoms with van der Waals surface area (Å²) < 4.78 is 24.7. The van der Waals surface area contributed by atoms with E-state index in [1.54, 1.807) is 20.8 Å². The fourth-order valence-electron chi connectivity index (χ4n) is 4.67. The van der Waals surface area contributed by atoms with Gasteiger partial charge in [-0.05, 0) is 20.8 Å². The maximum atomic E-state index is 13.0. The Bertz CT molecular complexity index is 690. The molecule has 3 aliphatic rings. The SMILES string of the molecule is CCOC(=O)[C@@H]1[C@H]([C@@H]2COC(C)(C)O2)C2(Br)C(=O)C(=O)C1(Br)C2(OC)OC. The molecule has 8 nitrogen and oxygen atoms in total. The molecular weight excluding hydrogens is 492 g/mol. The standard InChI is InChI=1S/C17H22Br2O8/c1-6-25-13(22)10-9(8-7-26-14(2,3)27-8)15(18)11(20)12(21)16(10,19)17(15,23-4)24-5/h8-10H,6-7H2,1-5H3/t8-,9-,10-,15?,16?/m0/s1. The van der Waals surface area contributed by atoms with Crippen LogP contribution in [0.3, 0.4) is 0 Å². The Balaban J connectivity index is 2.23. The number of Topliss-reactive ketones (excluding diaryl/α,β-unsaturated/α-hetero) is 2. The van der Waals surface area contributed by atoms with Gasteiger partial charge in [-0.25, -0.2) is 0 Å². The van der Waals surface area contributed by atoms with Crippen molar-refractivity contribution in [3.63, 3.8) is 0 Å². The molecule has 0 N–H and O–H groups in total. The molecule has 2 saturated carbocycles. The number of carbonyl (C=O) groups is 3. The predicted molar refractivity (Wildman–Crippen MR) is 98.6 cm³/mol. The van der Waals surface area contributed by atoms with Crippen LogP contribution >= 0.6 is 31.9 Å². The van der Waals surface area contributed by atoms with E-state index in [2.05, 4.69) is 31.9 Å². The number of halogens is 2. The quantitative estimate of drug-likeness (QED) is 0.235. The highest BCUT2D eigenvalue weighted by molar-refractivity contribution is 9.11. The van der Waals surface area contributed by atoms with Crippen LogP contribution in [0, 0.1) is 11.8 Å². The lowest BCUT2D eigenvalue weighted by atomic mass is 9.75. The zero-order chi connectivity index (χ0) is 20.4. The molecule has 0 aromatic heterocycles. The normalized spacial score (nSPS) is 42.0. The lowest BCUT2D eigenvalue weighted by Crippen LogP contribution is -2.58. The van der Waals surface area contributed by atoms with Crippen LogP contribution in [0.15, 0.2) is 0 Å². The summed E-state index contributed by atoms with van der Waals surface area (Å²) in [4.78, 5) is 39.0. The van der Waals surface area contributed by atoms with Crippen LogP contribution in [0.5, 0.6) is 0 Å². The third-order valence-electron chi connectivity index (χ3n) is 5.62. The molecule has 2 aliphatic carbocycles. The van der Waals surface area contributed by atoms with Crippen molar-refractivity contribution in [2.24, 2.45) is 11.8 Å². The van der Waals surface area contributed by atoms with Gasteiger partial charge in [-0.15, -0.1) is 0 Å². The van der Waals surface area contributed by atoms with Gasteiger partial charge in [0, 0.05) is 20.1 Å². The van der Waals surface area contributed by atoms with Crippen LogP contribution in [0.4, 0.5) is 0 Å². The molecule has 1 saturated heterocycles. The third-order valence-corrected chi connectivity index (χ3v) is 8.40. The summed E-state index contributed by atoms with van der Waals surface area (Å²) in [6.45, 7) is 5.38. The van der Waals surface area contributed by atoms with Crippen molar-refractivity contribution >= 4 is 49.4 Å². The molecule has 0 spiro atoms. The van der Waals surface area contributed by atoms with Gasteiger partial charge in [0.25, 0.3) is 0 Å². The molecule has 0 amide bonds. The summed E-state index contributed by atoms with van der Waals surface area (Å²) in [5.74, 6) is -6.80. The minimum atomic E-state index is -1.77. The first kappa shape index (κ1) is 21.3. The molecule has 0 aromatic carbocycles. The van der Waals surface area contributed by atoms with Gasteiger partial charge in [-0.2, -0.15) is 0 Å². The molecule has 0 radical (unpaired) electrons. The Morgan fingerprint density at radius 2 is 1.70 bits per heavy atom. The summed E-state index contributed by atoms with van der Waals surface area (Å²) in [5, 5.41) is 0. The van der Waals surface area contributed by atoms with Gasteiger partial charge in [0.2, 0.25) is 17.4 Å². The van der Waals surface area contributed by atoms with Crippen molar-refractivity contribution in [2.45, 2.75) is 47.1 Å². The first-order valence-electron chi connectivity index (χ1n) is 8.54. The minimum Gasteiger partial charge on any atom is -0.466 e. The number of hydrogen-bond donors (Lipinski definition) is 0. The number of fused-ring (bicyclic) bond motifs is 2. The van der Waals surface area contributed by atoms with Crippen LogP contribution in [-0.2, 0) is 38.1 Å². The Hall–Kier alpha value is -0.390. The number of hydrogen-bond acceptors (Lipinski definition) is 8. The number of ether oxygens (including phenoxy) is 5. The second-order valence-corrected chi connectivity index (χ2v) is 9.73. The third kappa shape index (κ3) is 2.37. The largest absolute Gasteiger partial charge is 0.466 e. The highest BCUT2D eigenvalue weighted by Crippen LogP contribution is 2.70. The molecule has 2 unspecified atom stereocenters. The number of rotatable bonds is 5. The van der Waals surface area contributed by atoms with Crippen LogP contribution in [0.25, 0.3) is 0 Å². The fourth-order valence-corrected chi connectivity index (χ4v) is 7.60. The molecular formula is C17H22Br2O8. The summed E-state index contributed by atoms with van der Waals surface area (Å²) in [7, 11) is 2.64. The molecule has 0 aromatic rings. The second-order valence-electron chi connectivity index (χ2n) is 7.23. The average Bonchev–Trinajstić information content (AvgIpc) is 3.09. The van der Waals surface area contributed by atoms with E-state index in [9.17, 15) is 14.4 Å². The van der Waals surface area contributed by atoms with Gasteiger partial charge in [-0.3, -0.25) is 14.4 Å². The Morgan fingerprint density at radius 1 is 1.15 bits per heavy atom. The molecule has 152 valence electrons. The van der Waals surface area contributed by atoms with Gasteiger partial charge in [0.15, 0.2) is 14.4 Å². The molecule has 3 fully saturated rings. The number of esters is 1. The highest BCUT2D eigenvalue weighted by atomic mass is 79.9. The summed E-state index contributed by atoms with van der Waals surface area (Å²) >= 11 is 6.83. The van der Waals surface area contributed by atoms with Crippen molar-refractivity contribution in [1.82, 2.24) is 0 Å². The van der Waals surface area contributed by atoms with E-state index in [1.807, 2.05) is 0 Å². The van der Waals surface area contributed by atoms with Gasteiger partial charge in [-0.1, -0.05) is 31.9 Å². The van der Waals surface area contributed by atoms with E-state index in [-0.39, 0.29) is 13.2 Å². The summed E-state index contributed by atoms with van der Waals surface area (Å²) in [5.41, 5.74) is 0. The number of ketones is 2. The Morgan fingerprint density at radius 3 is 2.15 bits per heavy atom. The van der Waals surface area contributed by atoms with Gasteiger partial charge in [0.05, 0.1) is 25.2 Å². The number of methoxy groups -OCH3 is 2. The topological polar surface area (TPSA) is 97.4 Å². The molecule has 3 rings (SSSR count). The number of carbonyl (C=O) groups excluding carboxylic acids is 3. The fraction of sp³-hybridized carbons (Fsp3) is 0.824. The first-order valence-corrected chi connectivity index (χ1v) is 10.1. The van der Waals surface area contributed by atoms with Crippen LogP contribution in [0.1, 0.15) is 20.8 Å². The zero-order valence-corrected chi connectivity index (χ0v) is 18.8. The van der Waals surface area contributed by atoms with Gasteiger partial charge < -0.3 is 23.7 Å². The summed E-state index contributed by atoms with van der Waals surface area (Å²) in [6, 6.07) is 0. The van der Waals surface area contributed by atoms with Crippen LogP contribution < -0.4 is 0 Å². The molecule has 5 atom stereocenters. The smallest absolute Gasteiger partial charge is 0.311 e. The zero-order valence-electron chi connectivity index (χ0n) is 15.7. The average molecular weight is 514 g/mol. The van der Waals surface area contributed by atoms with E-state index in [0.717, 1.165) is 0 Å². The molecule has 2 bridgehead atoms. The van der Waals surface area contributed by atoms with E-state index in [4.69, 9.17) is 23.7 Å². The van der Waals surface area contributed by atoms with Crippen molar-refractivity contribution in [3.8, 4) is 0 Å². The molecule has 27 heavy (non-hydrogen) atoms. The maximum Gasteiger partial charge on any atom is 0.311 e. The lowest BCUT2D eigenvalue weighted by Gasteiger charge is -2.39. The van der Waals surface area contributed by atoms with E-state index in [0.29, 0.717) is 0 Å². The Kier molecular flexibility index (Phi) is 5.18.